The minimum Gasteiger partial charge on any atom is -0.324 e. The molecule has 0 amide bonds. The first-order valence-electron chi connectivity index (χ1n) is 6.59. The molecule has 2 aromatic rings. The summed E-state index contributed by atoms with van der Waals surface area (Å²) >= 11 is 1.76. The average Bonchev–Trinajstić information content (AvgIpc) is 2.45. The van der Waals surface area contributed by atoms with Crippen LogP contribution in [0.5, 0.6) is 0 Å². The third-order valence-electron chi connectivity index (χ3n) is 3.20. The van der Waals surface area contributed by atoms with Crippen LogP contribution in [0.25, 0.3) is 0 Å². The molecule has 2 rings (SSSR count). The molecule has 19 heavy (non-hydrogen) atoms. The fourth-order valence-corrected chi connectivity index (χ4v) is 2.85. The molecule has 0 aliphatic carbocycles. The number of hydrogen-bond donors (Lipinski definition) is 1. The molecule has 2 nitrogen and oxygen atoms in total. The van der Waals surface area contributed by atoms with Crippen molar-refractivity contribution in [3.8, 4) is 0 Å². The Kier molecular flexibility index (Phi) is 5.00. The minimum absolute atomic E-state index is 0.0978. The standard InChI is InChI=1S/C16H20N2S/c1-3-15(17)14-10-18-16(9-12(14)2)19-11-13-7-5-4-6-8-13/h4-10,15H,3,11,17H2,1-2H3. The second-order valence-corrected chi connectivity index (χ2v) is 5.66. The number of aryl methyl sites for hydroxylation is 1. The van der Waals surface area contributed by atoms with Crippen LogP contribution in [0.4, 0.5) is 0 Å². The van der Waals surface area contributed by atoms with Gasteiger partial charge in [0.1, 0.15) is 0 Å². The summed E-state index contributed by atoms with van der Waals surface area (Å²) in [6.45, 7) is 4.21. The highest BCUT2D eigenvalue weighted by atomic mass is 32.2. The van der Waals surface area contributed by atoms with E-state index in [2.05, 4.69) is 49.2 Å². The number of aromatic nitrogens is 1. The molecule has 0 bridgehead atoms. The Morgan fingerprint density at radius 1 is 1.26 bits per heavy atom. The van der Waals surface area contributed by atoms with Crippen molar-refractivity contribution in [2.45, 2.75) is 37.1 Å². The summed E-state index contributed by atoms with van der Waals surface area (Å²) in [5.41, 5.74) is 9.78. The lowest BCUT2D eigenvalue weighted by molar-refractivity contribution is 0.687. The fourth-order valence-electron chi connectivity index (χ4n) is 1.96. The first-order valence-corrected chi connectivity index (χ1v) is 7.58. The van der Waals surface area contributed by atoms with Crippen LogP contribution in [0, 0.1) is 6.92 Å². The van der Waals surface area contributed by atoms with Gasteiger partial charge in [-0.15, -0.1) is 11.8 Å². The number of pyridine rings is 1. The summed E-state index contributed by atoms with van der Waals surface area (Å²) in [4.78, 5) is 4.51. The topological polar surface area (TPSA) is 38.9 Å². The van der Waals surface area contributed by atoms with E-state index < -0.39 is 0 Å². The second-order valence-electron chi connectivity index (χ2n) is 4.67. The van der Waals surface area contributed by atoms with Crippen LogP contribution in [0.3, 0.4) is 0 Å². The molecule has 0 aliphatic heterocycles. The van der Waals surface area contributed by atoms with Crippen molar-refractivity contribution in [3.63, 3.8) is 0 Å². The van der Waals surface area contributed by atoms with Crippen LogP contribution in [0.1, 0.15) is 36.1 Å². The van der Waals surface area contributed by atoms with Crippen molar-refractivity contribution in [2.75, 3.05) is 0 Å². The SMILES string of the molecule is CCC(N)c1cnc(SCc2ccccc2)cc1C. The molecular formula is C16H20N2S. The Morgan fingerprint density at radius 3 is 2.63 bits per heavy atom. The van der Waals surface area contributed by atoms with E-state index in [1.165, 1.54) is 11.1 Å². The maximum Gasteiger partial charge on any atom is 0.0965 e. The summed E-state index contributed by atoms with van der Waals surface area (Å²) in [6, 6.07) is 12.7. The third kappa shape index (κ3) is 3.82. The Hall–Kier alpha value is -1.32. The summed E-state index contributed by atoms with van der Waals surface area (Å²) in [5.74, 6) is 0.951. The van der Waals surface area contributed by atoms with Crippen molar-refractivity contribution >= 4 is 11.8 Å². The lowest BCUT2D eigenvalue weighted by atomic mass is 10.0. The maximum atomic E-state index is 6.06. The van der Waals surface area contributed by atoms with Gasteiger partial charge in [0.05, 0.1) is 5.03 Å². The summed E-state index contributed by atoms with van der Waals surface area (Å²) in [6.07, 6.45) is 2.87. The van der Waals surface area contributed by atoms with Crippen LogP contribution in [0.15, 0.2) is 47.6 Å². The molecule has 0 fully saturated rings. The van der Waals surface area contributed by atoms with E-state index >= 15 is 0 Å². The van der Waals surface area contributed by atoms with Crippen molar-refractivity contribution < 1.29 is 0 Å². The van der Waals surface area contributed by atoms with E-state index in [0.717, 1.165) is 22.8 Å². The number of rotatable bonds is 5. The van der Waals surface area contributed by atoms with Crippen molar-refractivity contribution in [2.24, 2.45) is 5.73 Å². The average molecular weight is 272 g/mol. The van der Waals surface area contributed by atoms with Crippen LogP contribution in [0.2, 0.25) is 0 Å². The minimum atomic E-state index is 0.0978. The Balaban J connectivity index is 2.04. The Bertz CT molecular complexity index is 526. The van der Waals surface area contributed by atoms with Gasteiger partial charge in [-0.05, 0) is 36.1 Å². The molecule has 1 atom stereocenters. The Labute approximate surface area is 119 Å². The van der Waals surface area contributed by atoms with Gasteiger partial charge in [-0.1, -0.05) is 37.3 Å². The molecule has 1 heterocycles. The van der Waals surface area contributed by atoms with Crippen molar-refractivity contribution in [1.29, 1.82) is 0 Å². The van der Waals surface area contributed by atoms with E-state index in [4.69, 9.17) is 5.73 Å². The van der Waals surface area contributed by atoms with Gasteiger partial charge in [-0.25, -0.2) is 4.98 Å². The molecule has 1 unspecified atom stereocenters. The maximum absolute atomic E-state index is 6.06. The van der Waals surface area contributed by atoms with Gasteiger partial charge in [0.15, 0.2) is 0 Å². The van der Waals surface area contributed by atoms with Crippen LogP contribution >= 0.6 is 11.8 Å². The predicted octanol–water partition coefficient (Wildman–Crippen LogP) is 4.09. The van der Waals surface area contributed by atoms with Crippen LogP contribution in [-0.2, 0) is 5.75 Å². The van der Waals surface area contributed by atoms with Gasteiger partial charge in [-0.2, -0.15) is 0 Å². The van der Waals surface area contributed by atoms with Crippen LogP contribution in [-0.4, -0.2) is 4.98 Å². The highest BCUT2D eigenvalue weighted by Gasteiger charge is 2.08. The number of benzene rings is 1. The lowest BCUT2D eigenvalue weighted by Crippen LogP contribution is -2.10. The number of thioether (sulfide) groups is 1. The number of nitrogens with two attached hydrogens (primary N) is 1. The lowest BCUT2D eigenvalue weighted by Gasteiger charge is -2.13. The molecule has 1 aromatic carbocycles. The van der Waals surface area contributed by atoms with Crippen LogP contribution < -0.4 is 5.73 Å². The molecule has 0 radical (unpaired) electrons. The molecule has 0 spiro atoms. The molecule has 2 N–H and O–H groups in total. The van der Waals surface area contributed by atoms with Gasteiger partial charge in [0.2, 0.25) is 0 Å². The van der Waals surface area contributed by atoms with E-state index in [-0.39, 0.29) is 6.04 Å². The Morgan fingerprint density at radius 2 is 2.00 bits per heavy atom. The fraction of sp³-hybridized carbons (Fsp3) is 0.312. The van der Waals surface area contributed by atoms with Gasteiger partial charge in [0, 0.05) is 18.0 Å². The quantitative estimate of drug-likeness (QED) is 0.833. The van der Waals surface area contributed by atoms with E-state index in [1.807, 2.05) is 12.3 Å². The molecule has 0 saturated carbocycles. The summed E-state index contributed by atoms with van der Waals surface area (Å²) in [7, 11) is 0. The van der Waals surface area contributed by atoms with Gasteiger partial charge in [0.25, 0.3) is 0 Å². The molecule has 100 valence electrons. The highest BCUT2D eigenvalue weighted by molar-refractivity contribution is 7.98. The third-order valence-corrected chi connectivity index (χ3v) is 4.19. The van der Waals surface area contributed by atoms with E-state index in [1.54, 1.807) is 11.8 Å². The zero-order valence-corrected chi connectivity index (χ0v) is 12.3. The first-order chi connectivity index (χ1) is 9.20. The van der Waals surface area contributed by atoms with Crippen molar-refractivity contribution in [3.05, 3.63) is 59.3 Å². The molecule has 0 aliphatic rings. The molecular weight excluding hydrogens is 252 g/mol. The molecule has 1 aromatic heterocycles. The summed E-state index contributed by atoms with van der Waals surface area (Å²) in [5, 5.41) is 1.06. The zero-order chi connectivity index (χ0) is 13.7. The predicted molar refractivity (Wildman–Crippen MR) is 82.2 cm³/mol. The van der Waals surface area contributed by atoms with E-state index in [0.29, 0.717) is 0 Å². The largest absolute Gasteiger partial charge is 0.324 e. The molecule has 3 heteroatoms. The number of nitrogens with zero attached hydrogens (tertiary/aromatic N) is 1. The normalized spacial score (nSPS) is 12.4. The van der Waals surface area contributed by atoms with E-state index in [9.17, 15) is 0 Å². The zero-order valence-electron chi connectivity index (χ0n) is 11.5. The van der Waals surface area contributed by atoms with Gasteiger partial charge >= 0.3 is 0 Å². The second kappa shape index (κ2) is 6.73. The highest BCUT2D eigenvalue weighted by Crippen LogP contribution is 2.25. The monoisotopic (exact) mass is 272 g/mol. The molecule has 0 saturated heterocycles. The smallest absolute Gasteiger partial charge is 0.0965 e. The number of hydrogen-bond acceptors (Lipinski definition) is 3. The van der Waals surface area contributed by atoms with Gasteiger partial charge < -0.3 is 5.73 Å². The van der Waals surface area contributed by atoms with Crippen molar-refractivity contribution in [1.82, 2.24) is 4.98 Å². The van der Waals surface area contributed by atoms with Gasteiger partial charge in [-0.3, -0.25) is 0 Å². The summed E-state index contributed by atoms with van der Waals surface area (Å²) < 4.78 is 0. The first kappa shape index (κ1) is 14.1.